The molecule has 110 valence electrons. The minimum atomic E-state index is 0.141. The van der Waals surface area contributed by atoms with Crippen LogP contribution in [0.5, 0.6) is 6.01 Å². The fourth-order valence-corrected chi connectivity index (χ4v) is 2.51. The van der Waals surface area contributed by atoms with E-state index in [2.05, 4.69) is 25.2 Å². The van der Waals surface area contributed by atoms with Gasteiger partial charge in [0.2, 0.25) is 11.9 Å². The lowest BCUT2D eigenvalue weighted by atomic mass is 10.2. The Labute approximate surface area is 118 Å². The van der Waals surface area contributed by atoms with Crippen molar-refractivity contribution in [3.63, 3.8) is 0 Å². The van der Waals surface area contributed by atoms with Crippen LogP contribution in [0.1, 0.15) is 25.7 Å². The molecule has 1 aromatic rings. The zero-order valence-corrected chi connectivity index (χ0v) is 11.8. The van der Waals surface area contributed by atoms with E-state index in [0.29, 0.717) is 17.9 Å². The molecule has 0 atom stereocenters. The normalized spacial score (nSPS) is 20.1. The summed E-state index contributed by atoms with van der Waals surface area (Å²) in [7, 11) is 1.81. The molecule has 0 bridgehead atoms. The molecule has 3 rings (SSSR count). The van der Waals surface area contributed by atoms with Gasteiger partial charge in [0, 0.05) is 33.0 Å². The number of nitrogens with zero attached hydrogens (tertiary/aromatic N) is 4. The van der Waals surface area contributed by atoms with E-state index < -0.39 is 0 Å². The Morgan fingerprint density at radius 3 is 2.60 bits per heavy atom. The average Bonchev–Trinajstić information content (AvgIpc) is 3.02. The van der Waals surface area contributed by atoms with Crippen LogP contribution in [-0.4, -0.2) is 54.4 Å². The monoisotopic (exact) mass is 279 g/mol. The minimum Gasteiger partial charge on any atom is -0.460 e. The molecule has 1 N–H and O–H groups in total. The van der Waals surface area contributed by atoms with E-state index in [-0.39, 0.29) is 6.10 Å². The van der Waals surface area contributed by atoms with Gasteiger partial charge < -0.3 is 19.7 Å². The van der Waals surface area contributed by atoms with E-state index >= 15 is 0 Å². The highest BCUT2D eigenvalue weighted by molar-refractivity contribution is 5.38. The molecule has 0 radical (unpaired) electrons. The fraction of sp³-hybridized carbons (Fsp3) is 0.769. The quantitative estimate of drug-likeness (QED) is 0.883. The summed E-state index contributed by atoms with van der Waals surface area (Å²) in [6, 6.07) is 0.415. The number of anilines is 2. The molecule has 2 saturated heterocycles. The summed E-state index contributed by atoms with van der Waals surface area (Å²) < 4.78 is 11.2. The van der Waals surface area contributed by atoms with E-state index in [9.17, 15) is 0 Å². The van der Waals surface area contributed by atoms with Crippen LogP contribution in [-0.2, 0) is 4.74 Å². The summed E-state index contributed by atoms with van der Waals surface area (Å²) in [6.45, 7) is 3.50. The zero-order chi connectivity index (χ0) is 13.8. The summed E-state index contributed by atoms with van der Waals surface area (Å²) in [6.07, 6.45) is 4.30. The van der Waals surface area contributed by atoms with Gasteiger partial charge in [-0.15, -0.1) is 0 Å². The first-order valence-corrected chi connectivity index (χ1v) is 7.28. The molecule has 7 nitrogen and oxygen atoms in total. The van der Waals surface area contributed by atoms with Crippen LogP contribution in [0, 0.1) is 0 Å². The van der Waals surface area contributed by atoms with Crippen LogP contribution in [0.2, 0.25) is 0 Å². The Morgan fingerprint density at radius 1 is 1.15 bits per heavy atom. The van der Waals surface area contributed by atoms with Crippen molar-refractivity contribution in [2.75, 3.05) is 43.6 Å². The first kappa shape index (κ1) is 13.4. The molecule has 0 saturated carbocycles. The second-order valence-electron chi connectivity index (χ2n) is 5.12. The highest BCUT2D eigenvalue weighted by Gasteiger charge is 2.20. The Morgan fingerprint density at radius 2 is 1.90 bits per heavy atom. The molecule has 7 heteroatoms. The third-order valence-corrected chi connectivity index (χ3v) is 3.66. The number of hydrogen-bond donors (Lipinski definition) is 1. The SMILES string of the molecule is CNc1nc(OC2CCOCC2)nc(N2CCCC2)n1. The van der Waals surface area contributed by atoms with Crippen molar-refractivity contribution in [1.82, 2.24) is 15.0 Å². The van der Waals surface area contributed by atoms with Gasteiger partial charge >= 0.3 is 6.01 Å². The lowest BCUT2D eigenvalue weighted by molar-refractivity contribution is 0.0217. The van der Waals surface area contributed by atoms with Gasteiger partial charge in [0.15, 0.2) is 0 Å². The molecule has 0 spiro atoms. The molecule has 20 heavy (non-hydrogen) atoms. The summed E-state index contributed by atoms with van der Waals surface area (Å²) in [5.41, 5.74) is 0. The van der Waals surface area contributed by atoms with Crippen molar-refractivity contribution >= 4 is 11.9 Å². The molecule has 0 aromatic carbocycles. The molecule has 1 aromatic heterocycles. The van der Waals surface area contributed by atoms with Crippen molar-refractivity contribution in [2.24, 2.45) is 0 Å². The number of nitrogens with one attached hydrogen (secondary N) is 1. The second-order valence-corrected chi connectivity index (χ2v) is 5.12. The van der Waals surface area contributed by atoms with E-state index in [0.717, 1.165) is 39.1 Å². The molecule has 0 unspecified atom stereocenters. The topological polar surface area (TPSA) is 72.4 Å². The Hall–Kier alpha value is -1.63. The summed E-state index contributed by atoms with van der Waals surface area (Å²) in [5.74, 6) is 1.27. The number of aromatic nitrogens is 3. The van der Waals surface area contributed by atoms with Gasteiger partial charge in [0.1, 0.15) is 6.10 Å². The third-order valence-electron chi connectivity index (χ3n) is 3.66. The Kier molecular flexibility index (Phi) is 4.15. The van der Waals surface area contributed by atoms with E-state index in [1.165, 1.54) is 12.8 Å². The second kappa shape index (κ2) is 6.21. The molecular formula is C13H21N5O2. The number of ether oxygens (including phenoxy) is 2. The fourth-order valence-electron chi connectivity index (χ4n) is 2.51. The van der Waals surface area contributed by atoms with Gasteiger partial charge in [-0.25, -0.2) is 0 Å². The maximum absolute atomic E-state index is 5.89. The first-order valence-electron chi connectivity index (χ1n) is 7.28. The zero-order valence-electron chi connectivity index (χ0n) is 11.8. The highest BCUT2D eigenvalue weighted by atomic mass is 16.5. The van der Waals surface area contributed by atoms with Crippen LogP contribution in [0.25, 0.3) is 0 Å². The highest BCUT2D eigenvalue weighted by Crippen LogP contribution is 2.21. The maximum atomic E-state index is 5.89. The van der Waals surface area contributed by atoms with Gasteiger partial charge in [-0.05, 0) is 12.8 Å². The predicted octanol–water partition coefficient (Wildman–Crippen LogP) is 1.07. The lowest BCUT2D eigenvalue weighted by Gasteiger charge is -2.23. The number of hydrogen-bond acceptors (Lipinski definition) is 7. The molecule has 2 aliphatic heterocycles. The minimum absolute atomic E-state index is 0.141. The first-order chi connectivity index (χ1) is 9.85. The average molecular weight is 279 g/mol. The third kappa shape index (κ3) is 3.09. The molecule has 0 aliphatic carbocycles. The summed E-state index contributed by atoms with van der Waals surface area (Å²) in [5, 5.41) is 2.97. The predicted molar refractivity (Wildman–Crippen MR) is 75.3 cm³/mol. The van der Waals surface area contributed by atoms with Gasteiger partial charge in [0.05, 0.1) is 13.2 Å². The van der Waals surface area contributed by atoms with Gasteiger partial charge in [-0.3, -0.25) is 0 Å². The van der Waals surface area contributed by atoms with Crippen molar-refractivity contribution in [1.29, 1.82) is 0 Å². The maximum Gasteiger partial charge on any atom is 0.323 e. The number of rotatable bonds is 4. The van der Waals surface area contributed by atoms with Crippen LogP contribution in [0.15, 0.2) is 0 Å². The van der Waals surface area contributed by atoms with E-state index in [4.69, 9.17) is 9.47 Å². The van der Waals surface area contributed by atoms with Crippen molar-refractivity contribution in [3.05, 3.63) is 0 Å². The van der Waals surface area contributed by atoms with Gasteiger partial charge in [-0.1, -0.05) is 0 Å². The van der Waals surface area contributed by atoms with Crippen LogP contribution in [0.3, 0.4) is 0 Å². The van der Waals surface area contributed by atoms with Crippen LogP contribution < -0.4 is 15.0 Å². The molecule has 3 heterocycles. The van der Waals surface area contributed by atoms with Crippen molar-refractivity contribution < 1.29 is 9.47 Å². The van der Waals surface area contributed by atoms with Gasteiger partial charge in [-0.2, -0.15) is 15.0 Å². The van der Waals surface area contributed by atoms with Crippen molar-refractivity contribution in [3.8, 4) is 6.01 Å². The molecular weight excluding hydrogens is 258 g/mol. The molecule has 2 aliphatic rings. The van der Waals surface area contributed by atoms with Gasteiger partial charge in [0.25, 0.3) is 0 Å². The molecule has 2 fully saturated rings. The van der Waals surface area contributed by atoms with Crippen LogP contribution >= 0.6 is 0 Å². The summed E-state index contributed by atoms with van der Waals surface area (Å²) in [4.78, 5) is 15.3. The van der Waals surface area contributed by atoms with E-state index in [1.807, 2.05) is 0 Å². The Bertz CT molecular complexity index is 444. The van der Waals surface area contributed by atoms with Crippen molar-refractivity contribution in [2.45, 2.75) is 31.8 Å². The largest absolute Gasteiger partial charge is 0.460 e. The molecule has 0 amide bonds. The lowest BCUT2D eigenvalue weighted by Crippen LogP contribution is -2.27. The standard InChI is InChI=1S/C13H21N5O2/c1-14-11-15-12(18-6-2-3-7-18)17-13(16-11)20-10-4-8-19-9-5-10/h10H,2-9H2,1H3,(H,14,15,16,17). The van der Waals surface area contributed by atoms with E-state index in [1.54, 1.807) is 7.05 Å². The Balaban J connectivity index is 1.76. The summed E-state index contributed by atoms with van der Waals surface area (Å²) >= 11 is 0. The smallest absolute Gasteiger partial charge is 0.323 e. The van der Waals surface area contributed by atoms with Crippen LogP contribution in [0.4, 0.5) is 11.9 Å².